The summed E-state index contributed by atoms with van der Waals surface area (Å²) in [6.45, 7) is 1.05. The number of nitrogens with one attached hydrogen (secondary N) is 1. The minimum atomic E-state index is -4.25. The standard InChI is InChI=1S/C36H36Cl3N3O4S/c1-25-31(38)17-10-18-33(25)42(47(45,46)30-15-6-3-7-16-30)24-35(43)41(23-27-19-20-28(37)22-32(27)39)34(21-26-11-4-2-5-12-26)36(44)40-29-13-8-9-14-29/h2-7,10-12,15-20,22,29,34H,8-9,13-14,21,23-24H2,1H3,(H,40,44)/t34-/m0/s1. The van der Waals surface area contributed by atoms with Gasteiger partial charge in [-0.25, -0.2) is 8.42 Å². The fourth-order valence-electron chi connectivity index (χ4n) is 5.85. The lowest BCUT2D eigenvalue weighted by atomic mass is 10.0. The monoisotopic (exact) mass is 711 g/mol. The Morgan fingerprint density at radius 1 is 0.851 bits per heavy atom. The molecule has 1 saturated carbocycles. The number of carbonyl (C=O) groups is 2. The summed E-state index contributed by atoms with van der Waals surface area (Å²) in [5, 5.41) is 4.27. The second-order valence-corrected chi connectivity index (χ2v) is 14.8. The molecular weight excluding hydrogens is 677 g/mol. The van der Waals surface area contributed by atoms with Gasteiger partial charge in [-0.2, -0.15) is 0 Å². The van der Waals surface area contributed by atoms with E-state index in [4.69, 9.17) is 34.8 Å². The van der Waals surface area contributed by atoms with E-state index in [-0.39, 0.29) is 35.5 Å². The molecule has 0 bridgehead atoms. The van der Waals surface area contributed by atoms with Crippen molar-refractivity contribution in [3.63, 3.8) is 0 Å². The van der Waals surface area contributed by atoms with E-state index >= 15 is 0 Å². The number of halogens is 3. The normalized spacial score (nSPS) is 14.0. The second-order valence-electron chi connectivity index (χ2n) is 11.7. The third-order valence-corrected chi connectivity index (χ3v) is 11.2. The molecule has 1 aliphatic rings. The molecule has 5 rings (SSSR count). The van der Waals surface area contributed by atoms with Crippen LogP contribution in [0.2, 0.25) is 15.1 Å². The van der Waals surface area contributed by atoms with Crippen LogP contribution >= 0.6 is 34.8 Å². The maximum Gasteiger partial charge on any atom is 0.264 e. The van der Waals surface area contributed by atoms with Gasteiger partial charge < -0.3 is 10.2 Å². The Hall–Kier alpha value is -3.56. The highest BCUT2D eigenvalue weighted by atomic mass is 35.5. The predicted octanol–water partition coefficient (Wildman–Crippen LogP) is 7.85. The lowest BCUT2D eigenvalue weighted by Crippen LogP contribution is -2.54. The molecule has 0 radical (unpaired) electrons. The number of nitrogens with zero attached hydrogens (tertiary/aromatic N) is 2. The van der Waals surface area contributed by atoms with Crippen LogP contribution in [0.1, 0.15) is 42.4 Å². The van der Waals surface area contributed by atoms with Gasteiger partial charge in [0.1, 0.15) is 12.6 Å². The SMILES string of the molecule is Cc1c(Cl)cccc1N(CC(=O)N(Cc1ccc(Cl)cc1Cl)[C@@H](Cc1ccccc1)C(=O)NC1CCCC1)S(=O)(=O)c1ccccc1. The van der Waals surface area contributed by atoms with Gasteiger partial charge in [0.05, 0.1) is 10.6 Å². The van der Waals surface area contributed by atoms with Gasteiger partial charge in [0.15, 0.2) is 0 Å². The molecule has 7 nitrogen and oxygen atoms in total. The van der Waals surface area contributed by atoms with E-state index < -0.39 is 28.5 Å². The minimum Gasteiger partial charge on any atom is -0.352 e. The number of amides is 2. The van der Waals surface area contributed by atoms with Crippen molar-refractivity contribution in [2.75, 3.05) is 10.8 Å². The van der Waals surface area contributed by atoms with Gasteiger partial charge in [0.25, 0.3) is 10.0 Å². The summed E-state index contributed by atoms with van der Waals surface area (Å²) in [4.78, 5) is 30.3. The molecular formula is C36H36Cl3N3O4S. The highest BCUT2D eigenvalue weighted by molar-refractivity contribution is 7.92. The van der Waals surface area contributed by atoms with Gasteiger partial charge in [-0.05, 0) is 72.9 Å². The molecule has 246 valence electrons. The van der Waals surface area contributed by atoms with Gasteiger partial charge in [0, 0.05) is 34.1 Å². The highest BCUT2D eigenvalue weighted by Crippen LogP contribution is 2.32. The maximum atomic E-state index is 14.7. The summed E-state index contributed by atoms with van der Waals surface area (Å²) in [5.41, 5.74) is 2.16. The molecule has 0 aromatic heterocycles. The topological polar surface area (TPSA) is 86.8 Å². The first-order valence-electron chi connectivity index (χ1n) is 15.4. The quantitative estimate of drug-likeness (QED) is 0.162. The third kappa shape index (κ3) is 8.49. The zero-order valence-corrected chi connectivity index (χ0v) is 29.0. The number of anilines is 1. The van der Waals surface area contributed by atoms with E-state index in [2.05, 4.69) is 5.32 Å². The minimum absolute atomic E-state index is 0.000845. The van der Waals surface area contributed by atoms with Gasteiger partial charge in [0.2, 0.25) is 11.8 Å². The molecule has 0 heterocycles. The smallest absolute Gasteiger partial charge is 0.264 e. The van der Waals surface area contributed by atoms with E-state index in [9.17, 15) is 18.0 Å². The molecule has 4 aromatic carbocycles. The lowest BCUT2D eigenvalue weighted by molar-refractivity contribution is -0.140. The van der Waals surface area contributed by atoms with Crippen molar-refractivity contribution in [2.24, 2.45) is 0 Å². The number of hydrogen-bond acceptors (Lipinski definition) is 4. The molecule has 47 heavy (non-hydrogen) atoms. The van der Waals surface area contributed by atoms with Gasteiger partial charge >= 0.3 is 0 Å². The number of rotatable bonds is 12. The van der Waals surface area contributed by atoms with Crippen molar-refractivity contribution < 1.29 is 18.0 Å². The number of benzene rings is 4. The first-order chi connectivity index (χ1) is 22.5. The van der Waals surface area contributed by atoms with E-state index in [1.807, 2.05) is 30.3 Å². The molecule has 1 atom stereocenters. The molecule has 11 heteroatoms. The Balaban J connectivity index is 1.60. The molecule has 0 unspecified atom stereocenters. The van der Waals surface area contributed by atoms with Gasteiger partial charge in [-0.3, -0.25) is 13.9 Å². The summed E-state index contributed by atoms with van der Waals surface area (Å²) >= 11 is 19.3. The van der Waals surface area contributed by atoms with Crippen molar-refractivity contribution in [1.29, 1.82) is 0 Å². The zero-order valence-electron chi connectivity index (χ0n) is 25.9. The van der Waals surface area contributed by atoms with Crippen LogP contribution in [0.5, 0.6) is 0 Å². The summed E-state index contributed by atoms with van der Waals surface area (Å²) in [7, 11) is -4.25. The molecule has 0 aliphatic heterocycles. The Bertz CT molecular complexity index is 1820. The lowest BCUT2D eigenvalue weighted by Gasteiger charge is -2.35. The summed E-state index contributed by atoms with van der Waals surface area (Å²) in [5.74, 6) is -0.895. The Morgan fingerprint density at radius 3 is 2.17 bits per heavy atom. The summed E-state index contributed by atoms with van der Waals surface area (Å²) in [6, 6.07) is 26.2. The number of hydrogen-bond donors (Lipinski definition) is 1. The van der Waals surface area contributed by atoms with E-state index in [0.717, 1.165) is 35.6 Å². The van der Waals surface area contributed by atoms with Crippen LogP contribution in [0.4, 0.5) is 5.69 Å². The second kappa shape index (κ2) is 15.6. The molecule has 1 fully saturated rings. The summed E-state index contributed by atoms with van der Waals surface area (Å²) < 4.78 is 29.5. The van der Waals surface area contributed by atoms with Crippen LogP contribution in [-0.4, -0.2) is 43.8 Å². The van der Waals surface area contributed by atoms with Crippen molar-refractivity contribution in [1.82, 2.24) is 10.2 Å². The van der Waals surface area contributed by atoms with Crippen molar-refractivity contribution in [3.05, 3.63) is 129 Å². The van der Waals surface area contributed by atoms with Crippen LogP contribution in [0.3, 0.4) is 0 Å². The molecule has 1 N–H and O–H groups in total. The van der Waals surface area contributed by atoms with Crippen LogP contribution in [0, 0.1) is 6.92 Å². The van der Waals surface area contributed by atoms with Crippen LogP contribution < -0.4 is 9.62 Å². The van der Waals surface area contributed by atoms with Crippen molar-refractivity contribution in [2.45, 2.75) is 62.6 Å². The highest BCUT2D eigenvalue weighted by Gasteiger charge is 2.36. The number of carbonyl (C=O) groups excluding carboxylic acids is 2. The summed E-state index contributed by atoms with van der Waals surface area (Å²) in [6.07, 6.45) is 3.96. The average molecular weight is 713 g/mol. The zero-order chi connectivity index (χ0) is 33.6. The Labute approximate surface area is 291 Å². The van der Waals surface area contributed by atoms with E-state index in [1.165, 1.54) is 17.0 Å². The van der Waals surface area contributed by atoms with Gasteiger partial charge in [-0.1, -0.05) is 108 Å². The molecule has 0 spiro atoms. The van der Waals surface area contributed by atoms with Crippen LogP contribution in [0.15, 0.2) is 102 Å². The number of sulfonamides is 1. The molecule has 0 saturated heterocycles. The van der Waals surface area contributed by atoms with Crippen LogP contribution in [0.25, 0.3) is 0 Å². The maximum absolute atomic E-state index is 14.7. The van der Waals surface area contributed by atoms with E-state index in [1.54, 1.807) is 61.5 Å². The largest absolute Gasteiger partial charge is 0.352 e. The van der Waals surface area contributed by atoms with Crippen molar-refractivity contribution in [3.8, 4) is 0 Å². The first kappa shape index (κ1) is 34.8. The third-order valence-electron chi connectivity index (χ3n) is 8.45. The molecule has 4 aromatic rings. The fraction of sp³-hybridized carbons (Fsp3) is 0.278. The Morgan fingerprint density at radius 2 is 1.51 bits per heavy atom. The average Bonchev–Trinajstić information content (AvgIpc) is 3.57. The van der Waals surface area contributed by atoms with Gasteiger partial charge in [-0.15, -0.1) is 0 Å². The van der Waals surface area contributed by atoms with Crippen LogP contribution in [-0.2, 0) is 32.6 Å². The first-order valence-corrected chi connectivity index (χ1v) is 18.0. The van der Waals surface area contributed by atoms with E-state index in [0.29, 0.717) is 26.2 Å². The molecule has 1 aliphatic carbocycles. The fourth-order valence-corrected chi connectivity index (χ4v) is 7.98. The van der Waals surface area contributed by atoms with Crippen molar-refractivity contribution >= 4 is 62.3 Å². The predicted molar refractivity (Wildman–Crippen MR) is 189 cm³/mol. The Kier molecular flexibility index (Phi) is 11.5. The molecule has 2 amide bonds.